The molecule has 0 spiro atoms. The van der Waals surface area contributed by atoms with Gasteiger partial charge < -0.3 is 25.4 Å². The van der Waals surface area contributed by atoms with Gasteiger partial charge in [0.2, 0.25) is 0 Å². The van der Waals surface area contributed by atoms with E-state index in [2.05, 4.69) is 20.9 Å². The maximum atomic E-state index is 12.7. The molecule has 170 valence electrons. The largest absolute Gasteiger partial charge is 0.496 e. The molecule has 3 amide bonds. The molecular formula is C23H28N4O5. The molecule has 32 heavy (non-hydrogen) atoms. The standard InChI is InChI=1S/C23H28N4O5/c1-31-20-9-5-2-6-17(20)16-25-21(28)18-7-3-4-8-19(18)26-23(30)22(29)24-10-11-27-12-14-32-15-13-27/h2-9H,10-16H2,1H3,(H,24,29)(H,25,28)(H,26,30). The number of benzene rings is 2. The number of carbonyl (C=O) groups is 3. The van der Waals surface area contributed by atoms with Gasteiger partial charge in [-0.3, -0.25) is 19.3 Å². The van der Waals surface area contributed by atoms with Gasteiger partial charge >= 0.3 is 11.8 Å². The quantitative estimate of drug-likeness (QED) is 0.529. The Bertz CT molecular complexity index is 943. The lowest BCUT2D eigenvalue weighted by Gasteiger charge is -2.26. The smallest absolute Gasteiger partial charge is 0.313 e. The van der Waals surface area contributed by atoms with Crippen molar-refractivity contribution in [2.75, 3.05) is 51.8 Å². The number of hydrogen-bond donors (Lipinski definition) is 3. The summed E-state index contributed by atoms with van der Waals surface area (Å²) in [4.78, 5) is 39.4. The summed E-state index contributed by atoms with van der Waals surface area (Å²) in [6.07, 6.45) is 0. The van der Waals surface area contributed by atoms with Gasteiger partial charge in [-0.1, -0.05) is 30.3 Å². The number of hydrogen-bond acceptors (Lipinski definition) is 6. The molecule has 9 nitrogen and oxygen atoms in total. The second-order valence-corrected chi connectivity index (χ2v) is 7.20. The molecule has 1 fully saturated rings. The Kier molecular flexibility index (Phi) is 8.59. The average Bonchev–Trinajstić information content (AvgIpc) is 2.83. The maximum Gasteiger partial charge on any atom is 0.313 e. The fourth-order valence-electron chi connectivity index (χ4n) is 3.32. The van der Waals surface area contributed by atoms with E-state index in [1.54, 1.807) is 31.4 Å². The van der Waals surface area contributed by atoms with E-state index in [1.165, 1.54) is 0 Å². The van der Waals surface area contributed by atoms with Gasteiger partial charge in [-0.05, 0) is 18.2 Å². The first-order chi connectivity index (χ1) is 15.6. The summed E-state index contributed by atoms with van der Waals surface area (Å²) < 4.78 is 10.6. The number of ether oxygens (including phenoxy) is 2. The van der Waals surface area contributed by atoms with Crippen molar-refractivity contribution in [1.29, 1.82) is 0 Å². The van der Waals surface area contributed by atoms with Crippen molar-refractivity contribution in [3.63, 3.8) is 0 Å². The number of amides is 3. The van der Waals surface area contributed by atoms with E-state index in [9.17, 15) is 14.4 Å². The molecule has 3 N–H and O–H groups in total. The Morgan fingerprint density at radius 1 is 0.969 bits per heavy atom. The van der Waals surface area contributed by atoms with Crippen molar-refractivity contribution in [2.45, 2.75) is 6.54 Å². The van der Waals surface area contributed by atoms with Crippen LogP contribution < -0.4 is 20.7 Å². The highest BCUT2D eigenvalue weighted by atomic mass is 16.5. The van der Waals surface area contributed by atoms with Gasteiger partial charge in [-0.2, -0.15) is 0 Å². The van der Waals surface area contributed by atoms with Crippen LogP contribution in [0.25, 0.3) is 0 Å². The number of rotatable bonds is 8. The van der Waals surface area contributed by atoms with Gasteiger partial charge in [-0.15, -0.1) is 0 Å². The number of nitrogens with zero attached hydrogens (tertiary/aromatic N) is 1. The number of carbonyl (C=O) groups excluding carboxylic acids is 3. The molecule has 2 aromatic rings. The molecule has 0 saturated carbocycles. The minimum atomic E-state index is -0.822. The zero-order valence-corrected chi connectivity index (χ0v) is 18.1. The molecule has 1 saturated heterocycles. The van der Waals surface area contributed by atoms with E-state index in [0.717, 1.165) is 18.7 Å². The molecule has 9 heteroatoms. The van der Waals surface area contributed by atoms with E-state index in [4.69, 9.17) is 9.47 Å². The lowest BCUT2D eigenvalue weighted by molar-refractivity contribution is -0.136. The van der Waals surface area contributed by atoms with E-state index >= 15 is 0 Å². The zero-order valence-electron chi connectivity index (χ0n) is 18.1. The fraction of sp³-hybridized carbons (Fsp3) is 0.348. The summed E-state index contributed by atoms with van der Waals surface area (Å²) in [5.74, 6) is -1.28. The number of anilines is 1. The van der Waals surface area contributed by atoms with Gasteiger partial charge in [-0.25, -0.2) is 0 Å². The monoisotopic (exact) mass is 440 g/mol. The average molecular weight is 441 g/mol. The summed E-state index contributed by atoms with van der Waals surface area (Å²) in [5.41, 5.74) is 1.35. The minimum absolute atomic E-state index is 0.257. The molecule has 1 heterocycles. The molecule has 0 radical (unpaired) electrons. The molecule has 1 aliphatic heterocycles. The van der Waals surface area contributed by atoms with Crippen LogP contribution >= 0.6 is 0 Å². The molecule has 0 atom stereocenters. The predicted octanol–water partition coefficient (Wildman–Crippen LogP) is 1.01. The lowest BCUT2D eigenvalue weighted by Crippen LogP contribution is -2.43. The van der Waals surface area contributed by atoms with Crippen LogP contribution in [0.5, 0.6) is 5.75 Å². The second kappa shape index (κ2) is 11.8. The Labute approximate surface area is 187 Å². The zero-order chi connectivity index (χ0) is 22.8. The Morgan fingerprint density at radius 3 is 2.47 bits per heavy atom. The van der Waals surface area contributed by atoms with Crippen LogP contribution in [0.1, 0.15) is 15.9 Å². The van der Waals surface area contributed by atoms with Crippen molar-refractivity contribution in [2.24, 2.45) is 0 Å². The highest BCUT2D eigenvalue weighted by Crippen LogP contribution is 2.18. The molecule has 0 unspecified atom stereocenters. The van der Waals surface area contributed by atoms with Gasteiger partial charge in [0.05, 0.1) is 31.6 Å². The molecular weight excluding hydrogens is 412 g/mol. The van der Waals surface area contributed by atoms with Gasteiger partial charge in [0.25, 0.3) is 5.91 Å². The highest BCUT2D eigenvalue weighted by molar-refractivity contribution is 6.40. The number of nitrogens with one attached hydrogen (secondary N) is 3. The normalized spacial score (nSPS) is 13.8. The van der Waals surface area contributed by atoms with Gasteiger partial charge in [0.1, 0.15) is 5.75 Å². The number of morpholine rings is 1. The van der Waals surface area contributed by atoms with Crippen LogP contribution in [0.4, 0.5) is 5.69 Å². The van der Waals surface area contributed by atoms with E-state index in [-0.39, 0.29) is 23.7 Å². The van der Waals surface area contributed by atoms with Crippen molar-refractivity contribution < 1.29 is 23.9 Å². The van der Waals surface area contributed by atoms with Crippen molar-refractivity contribution >= 4 is 23.4 Å². The minimum Gasteiger partial charge on any atom is -0.496 e. The number of para-hydroxylation sites is 2. The van der Waals surface area contributed by atoms with Gasteiger partial charge in [0, 0.05) is 38.3 Å². The SMILES string of the molecule is COc1ccccc1CNC(=O)c1ccccc1NC(=O)C(=O)NCCN1CCOCC1. The fourth-order valence-corrected chi connectivity index (χ4v) is 3.32. The lowest BCUT2D eigenvalue weighted by atomic mass is 10.1. The van der Waals surface area contributed by atoms with E-state index in [1.807, 2.05) is 24.3 Å². The van der Waals surface area contributed by atoms with Crippen LogP contribution in [0.2, 0.25) is 0 Å². The van der Waals surface area contributed by atoms with Crippen LogP contribution in [-0.2, 0) is 20.9 Å². The summed E-state index contributed by atoms with van der Waals surface area (Å²) in [7, 11) is 1.57. The first kappa shape index (κ1) is 23.2. The van der Waals surface area contributed by atoms with Crippen molar-refractivity contribution in [3.8, 4) is 5.75 Å². The molecule has 2 aromatic carbocycles. The van der Waals surface area contributed by atoms with Crippen LogP contribution in [0.15, 0.2) is 48.5 Å². The summed E-state index contributed by atoms with van der Waals surface area (Å²) in [6.45, 7) is 4.21. The summed E-state index contributed by atoms with van der Waals surface area (Å²) in [5, 5.41) is 7.96. The molecule has 0 aliphatic carbocycles. The Morgan fingerprint density at radius 2 is 1.69 bits per heavy atom. The maximum absolute atomic E-state index is 12.7. The topological polar surface area (TPSA) is 109 Å². The third-order valence-electron chi connectivity index (χ3n) is 5.08. The first-order valence-electron chi connectivity index (χ1n) is 10.5. The third-order valence-corrected chi connectivity index (χ3v) is 5.08. The third kappa shape index (κ3) is 6.53. The van der Waals surface area contributed by atoms with E-state index < -0.39 is 11.8 Å². The summed E-state index contributed by atoms with van der Waals surface area (Å²) in [6, 6.07) is 13.9. The Balaban J connectivity index is 1.53. The van der Waals surface area contributed by atoms with Crippen molar-refractivity contribution in [1.82, 2.24) is 15.5 Å². The van der Waals surface area contributed by atoms with Gasteiger partial charge in [0.15, 0.2) is 0 Å². The molecule has 0 bridgehead atoms. The molecule has 0 aromatic heterocycles. The van der Waals surface area contributed by atoms with Crippen LogP contribution in [-0.4, -0.2) is 69.1 Å². The number of methoxy groups -OCH3 is 1. The van der Waals surface area contributed by atoms with E-state index in [0.29, 0.717) is 32.1 Å². The Hall–Kier alpha value is -3.43. The summed E-state index contributed by atoms with van der Waals surface area (Å²) >= 11 is 0. The molecule has 3 rings (SSSR count). The van der Waals surface area contributed by atoms with Crippen molar-refractivity contribution in [3.05, 3.63) is 59.7 Å². The predicted molar refractivity (Wildman–Crippen MR) is 120 cm³/mol. The highest BCUT2D eigenvalue weighted by Gasteiger charge is 2.18. The second-order valence-electron chi connectivity index (χ2n) is 7.20. The van der Waals surface area contributed by atoms with Crippen LogP contribution in [0, 0.1) is 0 Å². The molecule has 1 aliphatic rings. The van der Waals surface area contributed by atoms with Crippen LogP contribution in [0.3, 0.4) is 0 Å². The first-order valence-corrected chi connectivity index (χ1v) is 10.5.